The van der Waals surface area contributed by atoms with Crippen molar-refractivity contribution in [2.45, 2.75) is 53.5 Å². The molecular weight excluding hydrogens is 312 g/mol. The van der Waals surface area contributed by atoms with Gasteiger partial charge in [0, 0.05) is 37.3 Å². The minimum atomic E-state index is -0.328. The molecule has 0 bridgehead atoms. The highest BCUT2D eigenvalue weighted by molar-refractivity contribution is 5.81. The van der Waals surface area contributed by atoms with Gasteiger partial charge in [-0.1, -0.05) is 39.8 Å². The van der Waals surface area contributed by atoms with Crippen LogP contribution in [0.4, 0.5) is 5.69 Å². The number of aliphatic hydroxyl groups is 1. The smallest absolute Gasteiger partial charge is 0.225 e. The molecule has 4 nitrogen and oxygen atoms in total. The Hall–Kier alpha value is -1.55. The number of nitrogens with one attached hydrogen (secondary N) is 1. The number of piperidine rings is 1. The van der Waals surface area contributed by atoms with Gasteiger partial charge in [-0.3, -0.25) is 4.79 Å². The molecule has 1 aliphatic heterocycles. The standard InChI is InChI=1S/C21H34N2O2/c1-16(2)13-21(3,4)20(25)22-14-17-5-7-19(8-6-17)23-11-9-18(15-24)10-12-23/h5-8,16,18,24H,9-15H2,1-4H3,(H,22,25). The highest BCUT2D eigenvalue weighted by atomic mass is 16.3. The molecule has 140 valence electrons. The second-order valence-electron chi connectivity index (χ2n) is 8.44. The first-order valence-corrected chi connectivity index (χ1v) is 9.55. The first-order valence-electron chi connectivity index (χ1n) is 9.55. The molecule has 1 amide bonds. The van der Waals surface area contributed by atoms with Crippen LogP contribution in [0.3, 0.4) is 0 Å². The highest BCUT2D eigenvalue weighted by Crippen LogP contribution is 2.26. The lowest BCUT2D eigenvalue weighted by Gasteiger charge is -2.33. The van der Waals surface area contributed by atoms with E-state index in [0.29, 0.717) is 25.0 Å². The largest absolute Gasteiger partial charge is 0.396 e. The van der Waals surface area contributed by atoms with Gasteiger partial charge in [-0.05, 0) is 48.8 Å². The minimum absolute atomic E-state index is 0.122. The second-order valence-corrected chi connectivity index (χ2v) is 8.44. The minimum Gasteiger partial charge on any atom is -0.396 e. The van der Waals surface area contributed by atoms with Gasteiger partial charge >= 0.3 is 0 Å². The van der Waals surface area contributed by atoms with Crippen LogP contribution in [-0.2, 0) is 11.3 Å². The molecule has 2 N–H and O–H groups in total. The van der Waals surface area contributed by atoms with E-state index in [1.165, 1.54) is 5.69 Å². The molecule has 1 saturated heterocycles. The Kier molecular flexibility index (Phi) is 6.88. The zero-order chi connectivity index (χ0) is 18.4. The maximum absolute atomic E-state index is 12.4. The van der Waals surface area contributed by atoms with Gasteiger partial charge in [0.2, 0.25) is 5.91 Å². The van der Waals surface area contributed by atoms with E-state index in [9.17, 15) is 9.90 Å². The summed E-state index contributed by atoms with van der Waals surface area (Å²) in [6.07, 6.45) is 3.00. The maximum atomic E-state index is 12.4. The molecule has 0 unspecified atom stereocenters. The third-order valence-corrected chi connectivity index (χ3v) is 5.16. The SMILES string of the molecule is CC(C)CC(C)(C)C(=O)NCc1ccc(N2CCC(CO)CC2)cc1. The molecule has 1 aromatic rings. The molecule has 0 aliphatic carbocycles. The summed E-state index contributed by atoms with van der Waals surface area (Å²) < 4.78 is 0. The Morgan fingerprint density at radius 2 is 1.84 bits per heavy atom. The summed E-state index contributed by atoms with van der Waals surface area (Å²) in [4.78, 5) is 14.8. The lowest BCUT2D eigenvalue weighted by molar-refractivity contribution is -0.130. The van der Waals surface area contributed by atoms with Crippen molar-refractivity contribution >= 4 is 11.6 Å². The molecule has 0 spiro atoms. The van der Waals surface area contributed by atoms with Crippen LogP contribution in [0, 0.1) is 17.3 Å². The van der Waals surface area contributed by atoms with Gasteiger partial charge in [0.1, 0.15) is 0 Å². The van der Waals surface area contributed by atoms with E-state index < -0.39 is 0 Å². The van der Waals surface area contributed by atoms with Crippen molar-refractivity contribution in [1.82, 2.24) is 5.32 Å². The van der Waals surface area contributed by atoms with Crippen LogP contribution in [0.5, 0.6) is 0 Å². The number of amides is 1. The van der Waals surface area contributed by atoms with E-state index in [1.807, 2.05) is 13.8 Å². The Morgan fingerprint density at radius 1 is 1.24 bits per heavy atom. The lowest BCUT2D eigenvalue weighted by atomic mass is 9.83. The Bertz CT molecular complexity index is 544. The fraction of sp³-hybridized carbons (Fsp3) is 0.667. The van der Waals surface area contributed by atoms with E-state index in [-0.39, 0.29) is 11.3 Å². The predicted molar refractivity (Wildman–Crippen MR) is 104 cm³/mol. The van der Waals surface area contributed by atoms with Crippen molar-refractivity contribution < 1.29 is 9.90 Å². The first kappa shape index (κ1) is 19.8. The lowest BCUT2D eigenvalue weighted by Crippen LogP contribution is -2.37. The van der Waals surface area contributed by atoms with Gasteiger partial charge in [-0.15, -0.1) is 0 Å². The van der Waals surface area contributed by atoms with Gasteiger partial charge < -0.3 is 15.3 Å². The number of hydrogen-bond donors (Lipinski definition) is 2. The number of carbonyl (C=O) groups is 1. The Morgan fingerprint density at radius 3 is 2.36 bits per heavy atom. The molecule has 1 fully saturated rings. The molecule has 0 saturated carbocycles. The normalized spacial score (nSPS) is 16.3. The number of benzene rings is 1. The Labute approximate surface area is 152 Å². The molecule has 1 heterocycles. The van der Waals surface area contributed by atoms with Crippen molar-refractivity contribution in [3.8, 4) is 0 Å². The number of hydrogen-bond acceptors (Lipinski definition) is 3. The fourth-order valence-corrected chi connectivity index (χ4v) is 3.73. The molecule has 0 radical (unpaired) electrons. The zero-order valence-electron chi connectivity index (χ0n) is 16.2. The number of rotatable bonds is 7. The number of aliphatic hydroxyl groups excluding tert-OH is 1. The van der Waals surface area contributed by atoms with E-state index in [2.05, 4.69) is 48.3 Å². The second kappa shape index (κ2) is 8.70. The van der Waals surface area contributed by atoms with Crippen LogP contribution < -0.4 is 10.2 Å². The quantitative estimate of drug-likeness (QED) is 0.793. The van der Waals surface area contributed by atoms with Gasteiger partial charge in [0.05, 0.1) is 0 Å². The van der Waals surface area contributed by atoms with E-state index in [1.54, 1.807) is 0 Å². The van der Waals surface area contributed by atoms with Crippen LogP contribution in [0.25, 0.3) is 0 Å². The summed E-state index contributed by atoms with van der Waals surface area (Å²) in [5.74, 6) is 1.09. The van der Waals surface area contributed by atoms with E-state index in [4.69, 9.17) is 0 Å². The predicted octanol–water partition coefficient (Wildman–Crippen LogP) is 3.58. The summed E-state index contributed by atoms with van der Waals surface area (Å²) >= 11 is 0. The van der Waals surface area contributed by atoms with Gasteiger partial charge in [0.25, 0.3) is 0 Å². The van der Waals surface area contributed by atoms with E-state index in [0.717, 1.165) is 37.9 Å². The average molecular weight is 347 g/mol. The summed E-state index contributed by atoms with van der Waals surface area (Å²) in [7, 11) is 0. The van der Waals surface area contributed by atoms with Crippen LogP contribution >= 0.6 is 0 Å². The topological polar surface area (TPSA) is 52.6 Å². The monoisotopic (exact) mass is 346 g/mol. The molecule has 4 heteroatoms. The third-order valence-electron chi connectivity index (χ3n) is 5.16. The fourth-order valence-electron chi connectivity index (χ4n) is 3.73. The average Bonchev–Trinajstić information content (AvgIpc) is 2.59. The van der Waals surface area contributed by atoms with Crippen LogP contribution in [-0.4, -0.2) is 30.7 Å². The molecule has 25 heavy (non-hydrogen) atoms. The zero-order valence-corrected chi connectivity index (χ0v) is 16.2. The summed E-state index contributed by atoms with van der Waals surface area (Å²) in [6, 6.07) is 8.48. The number of anilines is 1. The molecule has 1 aliphatic rings. The van der Waals surface area contributed by atoms with Crippen molar-refractivity contribution in [3.63, 3.8) is 0 Å². The first-order chi connectivity index (χ1) is 11.8. The summed E-state index contributed by atoms with van der Waals surface area (Å²) in [5.41, 5.74) is 2.03. The Balaban J connectivity index is 1.85. The van der Waals surface area contributed by atoms with Crippen LogP contribution in [0.1, 0.15) is 52.5 Å². The molecule has 2 rings (SSSR count). The third kappa shape index (κ3) is 5.74. The van der Waals surface area contributed by atoms with Gasteiger partial charge in [-0.25, -0.2) is 0 Å². The van der Waals surface area contributed by atoms with Crippen molar-refractivity contribution in [2.24, 2.45) is 17.3 Å². The number of carbonyl (C=O) groups excluding carboxylic acids is 1. The maximum Gasteiger partial charge on any atom is 0.225 e. The highest BCUT2D eigenvalue weighted by Gasteiger charge is 2.28. The van der Waals surface area contributed by atoms with Crippen LogP contribution in [0.2, 0.25) is 0 Å². The number of nitrogens with zero attached hydrogens (tertiary/aromatic N) is 1. The van der Waals surface area contributed by atoms with E-state index >= 15 is 0 Å². The van der Waals surface area contributed by atoms with Gasteiger partial charge in [0.15, 0.2) is 0 Å². The molecule has 0 atom stereocenters. The van der Waals surface area contributed by atoms with Crippen molar-refractivity contribution in [2.75, 3.05) is 24.6 Å². The van der Waals surface area contributed by atoms with Gasteiger partial charge in [-0.2, -0.15) is 0 Å². The van der Waals surface area contributed by atoms with Crippen molar-refractivity contribution in [1.29, 1.82) is 0 Å². The molecule has 0 aromatic heterocycles. The molecule has 1 aromatic carbocycles. The summed E-state index contributed by atoms with van der Waals surface area (Å²) in [5, 5.41) is 12.3. The molecular formula is C21H34N2O2. The summed E-state index contributed by atoms with van der Waals surface area (Å²) in [6.45, 7) is 11.2. The van der Waals surface area contributed by atoms with Crippen molar-refractivity contribution in [3.05, 3.63) is 29.8 Å². The van der Waals surface area contributed by atoms with Crippen LogP contribution in [0.15, 0.2) is 24.3 Å².